The van der Waals surface area contributed by atoms with Crippen molar-refractivity contribution < 1.29 is 0 Å². The molecule has 0 aromatic heterocycles. The molecule has 3 N–H and O–H groups in total. The highest BCUT2D eigenvalue weighted by molar-refractivity contribution is 8.23. The van der Waals surface area contributed by atoms with Gasteiger partial charge in [0.2, 0.25) is 0 Å². The van der Waals surface area contributed by atoms with Crippen molar-refractivity contribution in [2.45, 2.75) is 4.90 Å². The minimum Gasteiger partial charge on any atom is -0.369 e. The van der Waals surface area contributed by atoms with Crippen LogP contribution in [0, 0.1) is 0 Å². The minimum absolute atomic E-state index is 0.607. The zero-order valence-corrected chi connectivity index (χ0v) is 8.83. The molecule has 4 heteroatoms. The van der Waals surface area contributed by atoms with Crippen molar-refractivity contribution in [3.8, 4) is 0 Å². The molecule has 0 bridgehead atoms. The van der Waals surface area contributed by atoms with Gasteiger partial charge in [-0.1, -0.05) is 42.2 Å². The number of hydrogen-bond donors (Lipinski definition) is 2. The van der Waals surface area contributed by atoms with Crippen LogP contribution in [0.2, 0.25) is 0 Å². The van der Waals surface area contributed by atoms with E-state index in [0.29, 0.717) is 6.54 Å². The molecule has 0 saturated carbocycles. The molecule has 0 radical (unpaired) electrons. The van der Waals surface area contributed by atoms with Crippen molar-refractivity contribution in [2.24, 2.45) is 5.73 Å². The fraction of sp³-hybridized carbons (Fsp3) is 0.222. The van der Waals surface area contributed by atoms with Gasteiger partial charge < -0.3 is 11.1 Å². The molecule has 2 nitrogen and oxygen atoms in total. The predicted octanol–water partition coefficient (Wildman–Crippen LogP) is 1.61. The molecule has 0 heterocycles. The maximum atomic E-state index is 5.34. The maximum Gasteiger partial charge on any atom is 0.138 e. The van der Waals surface area contributed by atoms with Crippen LogP contribution in [0.4, 0.5) is 0 Å². The third-order valence-corrected chi connectivity index (χ3v) is 2.60. The van der Waals surface area contributed by atoms with Crippen molar-refractivity contribution in [3.63, 3.8) is 0 Å². The molecule has 0 amide bonds. The molecule has 1 aromatic rings. The molecule has 0 aliphatic heterocycles. The van der Waals surface area contributed by atoms with Gasteiger partial charge in [0.25, 0.3) is 0 Å². The van der Waals surface area contributed by atoms with Crippen LogP contribution in [-0.2, 0) is 0 Å². The Hall–Kier alpha value is -0.580. The van der Waals surface area contributed by atoms with Crippen molar-refractivity contribution in [3.05, 3.63) is 30.3 Å². The van der Waals surface area contributed by atoms with Gasteiger partial charge in [-0.2, -0.15) is 0 Å². The molecule has 13 heavy (non-hydrogen) atoms. The predicted molar refractivity (Wildman–Crippen MR) is 62.0 cm³/mol. The summed E-state index contributed by atoms with van der Waals surface area (Å²) in [6, 6.07) is 10.0. The van der Waals surface area contributed by atoms with Gasteiger partial charge in [0.1, 0.15) is 4.32 Å². The van der Waals surface area contributed by atoms with E-state index < -0.39 is 0 Å². The topological polar surface area (TPSA) is 38.0 Å². The minimum atomic E-state index is 0.607. The van der Waals surface area contributed by atoms with Crippen molar-refractivity contribution in [1.82, 2.24) is 5.32 Å². The fourth-order valence-electron chi connectivity index (χ4n) is 0.806. The molecule has 1 rings (SSSR count). The number of thioether (sulfide) groups is 1. The second-order valence-electron chi connectivity index (χ2n) is 2.42. The third-order valence-electron chi connectivity index (χ3n) is 1.37. The van der Waals surface area contributed by atoms with E-state index in [1.54, 1.807) is 11.8 Å². The lowest BCUT2D eigenvalue weighted by Gasteiger charge is -2.04. The van der Waals surface area contributed by atoms with E-state index >= 15 is 0 Å². The van der Waals surface area contributed by atoms with Crippen LogP contribution in [0.1, 0.15) is 0 Å². The van der Waals surface area contributed by atoms with Crippen LogP contribution < -0.4 is 11.1 Å². The first-order chi connectivity index (χ1) is 6.33. The zero-order valence-electron chi connectivity index (χ0n) is 7.19. The number of nitrogens with two attached hydrogens (primary N) is 1. The number of thiocarbonyl (C=S) groups is 1. The Morgan fingerprint density at radius 3 is 2.69 bits per heavy atom. The van der Waals surface area contributed by atoms with E-state index in [-0.39, 0.29) is 0 Å². The quantitative estimate of drug-likeness (QED) is 0.590. The number of nitrogens with one attached hydrogen (secondary N) is 1. The van der Waals surface area contributed by atoms with Gasteiger partial charge in [-0.15, -0.1) is 0 Å². The largest absolute Gasteiger partial charge is 0.369 e. The van der Waals surface area contributed by atoms with Crippen LogP contribution in [0.25, 0.3) is 0 Å². The van der Waals surface area contributed by atoms with Crippen LogP contribution >= 0.6 is 24.0 Å². The summed E-state index contributed by atoms with van der Waals surface area (Å²) in [5, 5.41) is 3.05. The van der Waals surface area contributed by atoms with Crippen molar-refractivity contribution in [1.29, 1.82) is 0 Å². The summed E-state index contributed by atoms with van der Waals surface area (Å²) in [4.78, 5) is 1.15. The Morgan fingerprint density at radius 2 is 2.08 bits per heavy atom. The summed E-state index contributed by atoms with van der Waals surface area (Å²) in [6.07, 6.45) is 0. The van der Waals surface area contributed by atoms with Gasteiger partial charge in [-0.25, -0.2) is 0 Å². The number of rotatable bonds is 3. The van der Waals surface area contributed by atoms with Gasteiger partial charge in [-0.3, -0.25) is 0 Å². The molecule has 0 spiro atoms. The highest BCUT2D eigenvalue weighted by Crippen LogP contribution is 2.17. The van der Waals surface area contributed by atoms with Gasteiger partial charge in [0, 0.05) is 18.0 Å². The van der Waals surface area contributed by atoms with E-state index in [2.05, 4.69) is 5.32 Å². The maximum absolute atomic E-state index is 5.34. The first-order valence-electron chi connectivity index (χ1n) is 4.03. The van der Waals surface area contributed by atoms with Crippen LogP contribution in [-0.4, -0.2) is 17.4 Å². The summed E-state index contributed by atoms with van der Waals surface area (Å²) in [5.74, 6) is 0. The van der Waals surface area contributed by atoms with E-state index in [1.807, 2.05) is 30.3 Å². The molecule has 0 saturated heterocycles. The molecule has 70 valence electrons. The lowest BCUT2D eigenvalue weighted by Crippen LogP contribution is -2.25. The molecule has 1 aromatic carbocycles. The Labute approximate surface area is 87.9 Å². The van der Waals surface area contributed by atoms with E-state index in [0.717, 1.165) is 15.8 Å². The van der Waals surface area contributed by atoms with Crippen LogP contribution in [0.15, 0.2) is 35.2 Å². The normalized spacial score (nSPS) is 9.62. The summed E-state index contributed by atoms with van der Waals surface area (Å²) < 4.78 is 0.775. The standard InChI is InChI=1S/C9H12N2S2/c10-6-7-11-9(12)13-8-4-2-1-3-5-8/h1-5H,6-7,10H2,(H,11,12). The number of benzene rings is 1. The highest BCUT2D eigenvalue weighted by Gasteiger charge is 1.97. The SMILES string of the molecule is NCCNC(=S)Sc1ccccc1. The average molecular weight is 212 g/mol. The van der Waals surface area contributed by atoms with Gasteiger partial charge in [0.05, 0.1) is 0 Å². The second-order valence-corrected chi connectivity index (χ2v) is 4.17. The molecule has 0 aliphatic carbocycles. The van der Waals surface area contributed by atoms with Gasteiger partial charge in [0.15, 0.2) is 0 Å². The molecule has 0 unspecified atom stereocenters. The van der Waals surface area contributed by atoms with E-state index in [9.17, 15) is 0 Å². The van der Waals surface area contributed by atoms with Gasteiger partial charge in [-0.05, 0) is 12.1 Å². The molecule has 0 fully saturated rings. The highest BCUT2D eigenvalue weighted by atomic mass is 32.2. The lowest BCUT2D eigenvalue weighted by molar-refractivity contribution is 0.892. The third kappa shape index (κ3) is 4.26. The zero-order chi connectivity index (χ0) is 9.52. The van der Waals surface area contributed by atoms with Crippen LogP contribution in [0.5, 0.6) is 0 Å². The first-order valence-corrected chi connectivity index (χ1v) is 5.26. The van der Waals surface area contributed by atoms with Gasteiger partial charge >= 0.3 is 0 Å². The van der Waals surface area contributed by atoms with Crippen LogP contribution in [0.3, 0.4) is 0 Å². The summed E-state index contributed by atoms with van der Waals surface area (Å²) in [5.41, 5.74) is 5.34. The summed E-state index contributed by atoms with van der Waals surface area (Å²) in [7, 11) is 0. The Bertz CT molecular complexity index is 262. The summed E-state index contributed by atoms with van der Waals surface area (Å²) >= 11 is 6.65. The van der Waals surface area contributed by atoms with E-state index in [4.69, 9.17) is 18.0 Å². The average Bonchev–Trinajstić information content (AvgIpc) is 2.16. The molecule has 0 atom stereocenters. The Balaban J connectivity index is 2.37. The Kier molecular flexibility index (Phi) is 4.82. The van der Waals surface area contributed by atoms with E-state index in [1.165, 1.54) is 0 Å². The molecular weight excluding hydrogens is 200 g/mol. The Morgan fingerprint density at radius 1 is 1.38 bits per heavy atom. The first kappa shape index (κ1) is 10.5. The lowest BCUT2D eigenvalue weighted by atomic mass is 10.4. The molecule has 0 aliphatic rings. The number of hydrogen-bond acceptors (Lipinski definition) is 3. The smallest absolute Gasteiger partial charge is 0.138 e. The van der Waals surface area contributed by atoms with Crippen molar-refractivity contribution >= 4 is 28.3 Å². The fourth-order valence-corrected chi connectivity index (χ4v) is 1.88. The summed E-state index contributed by atoms with van der Waals surface area (Å²) in [6.45, 7) is 1.34. The molecular formula is C9H12N2S2. The monoisotopic (exact) mass is 212 g/mol. The second kappa shape index (κ2) is 5.96. The van der Waals surface area contributed by atoms with Crippen molar-refractivity contribution in [2.75, 3.05) is 13.1 Å².